The van der Waals surface area contributed by atoms with Gasteiger partial charge in [0.1, 0.15) is 0 Å². The number of hydrogen-bond acceptors (Lipinski definition) is 5. The van der Waals surface area contributed by atoms with E-state index in [1.54, 1.807) is 6.07 Å². The number of aliphatic hydroxyl groups is 1. The Morgan fingerprint density at radius 1 is 0.962 bits per heavy atom. The molecule has 1 N–H and O–H groups in total. The van der Waals surface area contributed by atoms with Gasteiger partial charge in [-0.25, -0.2) is 0 Å². The number of alkyl halides is 3. The highest BCUT2D eigenvalue weighted by Gasteiger charge is 2.31. The minimum atomic E-state index is -4.32. The van der Waals surface area contributed by atoms with Gasteiger partial charge in [0.05, 0.1) is 24.9 Å². The van der Waals surface area contributed by atoms with Crippen LogP contribution in [0.15, 0.2) is 24.3 Å². The summed E-state index contributed by atoms with van der Waals surface area (Å²) in [5.74, 6) is 0. The fourth-order valence-electron chi connectivity index (χ4n) is 3.51. The van der Waals surface area contributed by atoms with Gasteiger partial charge in [-0.3, -0.25) is 9.80 Å². The highest BCUT2D eigenvalue weighted by atomic mass is 19.4. The van der Waals surface area contributed by atoms with Crippen LogP contribution in [0.1, 0.15) is 5.56 Å². The molecule has 0 saturated carbocycles. The minimum absolute atomic E-state index is 0.423. The number of anilines is 1. The molecule has 8 heteroatoms. The van der Waals surface area contributed by atoms with Crippen LogP contribution in [0, 0.1) is 0 Å². The lowest BCUT2D eigenvalue weighted by molar-refractivity contribution is -0.137. The van der Waals surface area contributed by atoms with Gasteiger partial charge >= 0.3 is 6.18 Å². The Morgan fingerprint density at radius 2 is 1.58 bits per heavy atom. The van der Waals surface area contributed by atoms with Crippen LogP contribution in [0.2, 0.25) is 0 Å². The summed E-state index contributed by atoms with van der Waals surface area (Å²) >= 11 is 0. The van der Waals surface area contributed by atoms with Gasteiger partial charge < -0.3 is 14.7 Å². The van der Waals surface area contributed by atoms with E-state index < -0.39 is 17.8 Å². The molecule has 1 unspecified atom stereocenters. The predicted molar refractivity (Wildman–Crippen MR) is 93.4 cm³/mol. The van der Waals surface area contributed by atoms with Gasteiger partial charge in [-0.2, -0.15) is 13.2 Å². The van der Waals surface area contributed by atoms with Crippen molar-refractivity contribution in [3.05, 3.63) is 29.8 Å². The van der Waals surface area contributed by atoms with Crippen LogP contribution in [0.3, 0.4) is 0 Å². The Labute approximate surface area is 151 Å². The zero-order chi connectivity index (χ0) is 18.6. The van der Waals surface area contributed by atoms with E-state index in [2.05, 4.69) is 9.80 Å². The number of ether oxygens (including phenoxy) is 1. The van der Waals surface area contributed by atoms with E-state index in [1.165, 1.54) is 12.1 Å². The molecule has 0 bridgehead atoms. The van der Waals surface area contributed by atoms with E-state index in [-0.39, 0.29) is 0 Å². The van der Waals surface area contributed by atoms with Crippen molar-refractivity contribution < 1.29 is 23.0 Å². The molecule has 2 aliphatic rings. The van der Waals surface area contributed by atoms with Crippen molar-refractivity contribution in [1.29, 1.82) is 0 Å². The lowest BCUT2D eigenvalue weighted by Gasteiger charge is -2.38. The Bertz CT molecular complexity index is 571. The van der Waals surface area contributed by atoms with Crippen molar-refractivity contribution >= 4 is 5.69 Å². The summed E-state index contributed by atoms with van der Waals surface area (Å²) in [6, 6.07) is 5.49. The van der Waals surface area contributed by atoms with Crippen LogP contribution in [0.4, 0.5) is 18.9 Å². The van der Waals surface area contributed by atoms with Gasteiger partial charge in [0.2, 0.25) is 0 Å². The lowest BCUT2D eigenvalue weighted by Crippen LogP contribution is -2.50. The first-order valence-corrected chi connectivity index (χ1v) is 9.04. The summed E-state index contributed by atoms with van der Waals surface area (Å²) in [4.78, 5) is 6.35. The van der Waals surface area contributed by atoms with Crippen molar-refractivity contribution in [2.45, 2.75) is 12.3 Å². The number of aliphatic hydroxyl groups excluding tert-OH is 1. The Hall–Kier alpha value is -1.35. The van der Waals surface area contributed by atoms with E-state index >= 15 is 0 Å². The molecule has 1 aromatic rings. The quantitative estimate of drug-likeness (QED) is 0.848. The zero-order valence-electron chi connectivity index (χ0n) is 14.8. The molecule has 5 nitrogen and oxygen atoms in total. The molecule has 0 radical (unpaired) electrons. The average Bonchev–Trinajstić information content (AvgIpc) is 2.62. The Morgan fingerprint density at radius 3 is 2.19 bits per heavy atom. The lowest BCUT2D eigenvalue weighted by atomic mass is 10.1. The number of morpholine rings is 1. The number of halogens is 3. The molecule has 146 valence electrons. The summed E-state index contributed by atoms with van der Waals surface area (Å²) < 4.78 is 43.9. The molecule has 0 spiro atoms. The number of rotatable bonds is 5. The van der Waals surface area contributed by atoms with Crippen molar-refractivity contribution in [1.82, 2.24) is 9.80 Å². The van der Waals surface area contributed by atoms with Crippen LogP contribution >= 0.6 is 0 Å². The van der Waals surface area contributed by atoms with Crippen molar-refractivity contribution in [3.8, 4) is 0 Å². The molecule has 0 aliphatic carbocycles. The first-order chi connectivity index (χ1) is 12.4. The summed E-state index contributed by atoms with van der Waals surface area (Å²) in [6.45, 7) is 7.13. The standard InChI is InChI=1S/C18H26F3N3O2/c19-18(20,21)15-2-1-3-16(12-15)24-6-4-22(5-7-24)13-17(25)14-23-8-10-26-11-9-23/h1-3,12,17,25H,4-11,13-14H2. The normalized spacial score (nSPS) is 21.8. The molecule has 2 aliphatic heterocycles. The third-order valence-electron chi connectivity index (χ3n) is 4.95. The molecule has 0 aromatic heterocycles. The fourth-order valence-corrected chi connectivity index (χ4v) is 3.51. The zero-order valence-corrected chi connectivity index (χ0v) is 14.8. The molecule has 1 atom stereocenters. The third kappa shape index (κ3) is 5.33. The molecule has 1 aromatic carbocycles. The topological polar surface area (TPSA) is 39.2 Å². The number of benzene rings is 1. The van der Waals surface area contributed by atoms with Gasteiger partial charge in [0.15, 0.2) is 0 Å². The first-order valence-electron chi connectivity index (χ1n) is 9.04. The van der Waals surface area contributed by atoms with Crippen LogP contribution in [0.5, 0.6) is 0 Å². The second kappa shape index (κ2) is 8.56. The number of nitrogens with zero attached hydrogens (tertiary/aromatic N) is 3. The van der Waals surface area contributed by atoms with Gasteiger partial charge in [-0.15, -0.1) is 0 Å². The number of piperazine rings is 1. The monoisotopic (exact) mass is 373 g/mol. The summed E-state index contributed by atoms with van der Waals surface area (Å²) in [6.07, 6.45) is -4.74. The van der Waals surface area contributed by atoms with Crippen molar-refractivity contribution in [2.24, 2.45) is 0 Å². The van der Waals surface area contributed by atoms with E-state index in [1.807, 2.05) is 4.90 Å². The number of β-amino-alcohol motifs (C(OH)–C–C–N with tert-alkyl or cyclic N) is 1. The van der Waals surface area contributed by atoms with Gasteiger partial charge in [-0.05, 0) is 18.2 Å². The van der Waals surface area contributed by atoms with Crippen LogP contribution in [0.25, 0.3) is 0 Å². The SMILES string of the molecule is OC(CN1CCOCC1)CN1CCN(c2cccc(C(F)(F)F)c2)CC1. The fraction of sp³-hybridized carbons (Fsp3) is 0.667. The molecule has 2 saturated heterocycles. The van der Waals surface area contributed by atoms with E-state index in [9.17, 15) is 18.3 Å². The molecule has 3 rings (SSSR count). The maximum Gasteiger partial charge on any atom is 0.416 e. The van der Waals surface area contributed by atoms with Crippen LogP contribution in [-0.2, 0) is 10.9 Å². The Kier molecular flexibility index (Phi) is 6.39. The van der Waals surface area contributed by atoms with Crippen molar-refractivity contribution in [2.75, 3.05) is 70.5 Å². The average molecular weight is 373 g/mol. The molecular formula is C18H26F3N3O2. The maximum absolute atomic E-state index is 12.9. The molecular weight excluding hydrogens is 347 g/mol. The van der Waals surface area contributed by atoms with E-state index in [0.717, 1.165) is 32.2 Å². The van der Waals surface area contributed by atoms with E-state index in [4.69, 9.17) is 4.74 Å². The molecule has 0 amide bonds. The predicted octanol–water partition coefficient (Wildman–Crippen LogP) is 1.52. The summed E-state index contributed by atoms with van der Waals surface area (Å²) in [7, 11) is 0. The largest absolute Gasteiger partial charge is 0.416 e. The highest BCUT2D eigenvalue weighted by molar-refractivity contribution is 5.49. The maximum atomic E-state index is 12.9. The van der Waals surface area contributed by atoms with Crippen LogP contribution < -0.4 is 4.90 Å². The third-order valence-corrected chi connectivity index (χ3v) is 4.95. The second-order valence-corrected chi connectivity index (χ2v) is 6.90. The molecule has 26 heavy (non-hydrogen) atoms. The minimum Gasteiger partial charge on any atom is -0.390 e. The second-order valence-electron chi connectivity index (χ2n) is 6.90. The van der Waals surface area contributed by atoms with Crippen LogP contribution in [-0.4, -0.2) is 86.6 Å². The summed E-state index contributed by atoms with van der Waals surface area (Å²) in [5.41, 5.74) is -0.00768. The van der Waals surface area contributed by atoms with Gasteiger partial charge in [0.25, 0.3) is 0 Å². The van der Waals surface area contributed by atoms with E-state index in [0.29, 0.717) is 45.1 Å². The van der Waals surface area contributed by atoms with Gasteiger partial charge in [-0.1, -0.05) is 6.07 Å². The number of hydrogen-bond donors (Lipinski definition) is 1. The highest BCUT2D eigenvalue weighted by Crippen LogP contribution is 2.31. The van der Waals surface area contributed by atoms with Crippen molar-refractivity contribution in [3.63, 3.8) is 0 Å². The first kappa shape index (κ1) is 19.4. The molecule has 2 fully saturated rings. The molecule has 2 heterocycles. The Balaban J connectivity index is 1.46. The smallest absolute Gasteiger partial charge is 0.390 e. The van der Waals surface area contributed by atoms with Gasteiger partial charge in [0, 0.05) is 58.0 Å². The summed E-state index contributed by atoms with van der Waals surface area (Å²) in [5, 5.41) is 10.3.